The Hall–Kier alpha value is -2.40. The van der Waals surface area contributed by atoms with Crippen molar-refractivity contribution >= 4 is 5.91 Å². The number of hydrogen-bond donors (Lipinski definition) is 0. The molecule has 2 saturated heterocycles. The second-order valence-electron chi connectivity index (χ2n) is 7.96. The molecular formula is C23H28N2O3. The number of methoxy groups -OCH3 is 1. The molecule has 5 heteroatoms. The van der Waals surface area contributed by atoms with E-state index >= 15 is 0 Å². The summed E-state index contributed by atoms with van der Waals surface area (Å²) in [4.78, 5) is 18.9. The van der Waals surface area contributed by atoms with Gasteiger partial charge in [0.05, 0.1) is 18.3 Å². The lowest BCUT2D eigenvalue weighted by molar-refractivity contribution is -0.123. The molecule has 0 bridgehead atoms. The van der Waals surface area contributed by atoms with Crippen LogP contribution in [0.2, 0.25) is 0 Å². The highest BCUT2D eigenvalue weighted by Gasteiger charge is 2.41. The van der Waals surface area contributed by atoms with Crippen molar-refractivity contribution in [2.75, 3.05) is 26.8 Å². The van der Waals surface area contributed by atoms with Crippen molar-refractivity contribution in [1.29, 1.82) is 0 Å². The molecular weight excluding hydrogens is 352 g/mol. The Balaban J connectivity index is 1.35. The number of carbonyl (C=O) groups excluding carboxylic acids is 1. The van der Waals surface area contributed by atoms with Crippen LogP contribution in [-0.2, 0) is 11.2 Å². The van der Waals surface area contributed by atoms with Crippen LogP contribution in [0.5, 0.6) is 5.88 Å². The maximum Gasteiger partial charge on any atom is 0.255 e. The van der Waals surface area contributed by atoms with E-state index in [4.69, 9.17) is 9.47 Å². The summed E-state index contributed by atoms with van der Waals surface area (Å²) in [6, 6.07) is 14.2. The third kappa shape index (κ3) is 4.20. The number of benzene rings is 1. The van der Waals surface area contributed by atoms with Crippen molar-refractivity contribution in [3.8, 4) is 5.88 Å². The fourth-order valence-corrected chi connectivity index (χ4v) is 4.53. The molecule has 28 heavy (non-hydrogen) atoms. The third-order valence-corrected chi connectivity index (χ3v) is 6.12. The first-order valence-electron chi connectivity index (χ1n) is 10.1. The number of hydrogen-bond acceptors (Lipinski definition) is 4. The molecule has 4 rings (SSSR count). The summed E-state index contributed by atoms with van der Waals surface area (Å²) in [6.45, 7) is 2.31. The summed E-state index contributed by atoms with van der Waals surface area (Å²) < 4.78 is 11.3. The summed E-state index contributed by atoms with van der Waals surface area (Å²) in [5.41, 5.74) is 1.96. The standard InChI is InChI=1S/C23H28N2O3/c1-27-21-8-7-20(17-24-21)22(26)25-12-10-23(11-13-25)16-19(9-14-28-23)15-18-5-3-2-4-6-18/h2-8,17,19H,9-16H2,1H3. The molecule has 1 aromatic heterocycles. The van der Waals surface area contributed by atoms with Crippen LogP contribution in [0.3, 0.4) is 0 Å². The van der Waals surface area contributed by atoms with Crippen LogP contribution >= 0.6 is 0 Å². The van der Waals surface area contributed by atoms with Gasteiger partial charge in [-0.3, -0.25) is 4.79 Å². The van der Waals surface area contributed by atoms with Crippen molar-refractivity contribution in [2.45, 2.75) is 37.7 Å². The van der Waals surface area contributed by atoms with Crippen molar-refractivity contribution in [3.63, 3.8) is 0 Å². The first-order valence-corrected chi connectivity index (χ1v) is 10.1. The number of nitrogens with zero attached hydrogens (tertiary/aromatic N) is 2. The average Bonchev–Trinajstić information content (AvgIpc) is 2.75. The second-order valence-corrected chi connectivity index (χ2v) is 7.96. The molecule has 3 heterocycles. The molecule has 0 aliphatic carbocycles. The van der Waals surface area contributed by atoms with E-state index in [1.54, 1.807) is 25.4 Å². The van der Waals surface area contributed by atoms with Gasteiger partial charge in [0.2, 0.25) is 5.88 Å². The van der Waals surface area contributed by atoms with Crippen molar-refractivity contribution in [1.82, 2.24) is 9.88 Å². The lowest BCUT2D eigenvalue weighted by atomic mass is 9.77. The van der Waals surface area contributed by atoms with E-state index in [0.29, 0.717) is 17.4 Å². The number of ether oxygens (including phenoxy) is 2. The topological polar surface area (TPSA) is 51.7 Å². The normalized spacial score (nSPS) is 21.5. The maximum absolute atomic E-state index is 12.8. The number of carbonyl (C=O) groups is 1. The lowest BCUT2D eigenvalue weighted by Crippen LogP contribution is -2.51. The summed E-state index contributed by atoms with van der Waals surface area (Å²) in [5, 5.41) is 0. The van der Waals surface area contributed by atoms with Gasteiger partial charge in [0, 0.05) is 32.0 Å². The number of amides is 1. The molecule has 5 nitrogen and oxygen atoms in total. The van der Waals surface area contributed by atoms with E-state index in [9.17, 15) is 4.79 Å². The van der Waals surface area contributed by atoms with Gasteiger partial charge in [-0.05, 0) is 49.7 Å². The molecule has 1 spiro atoms. The van der Waals surface area contributed by atoms with E-state index in [-0.39, 0.29) is 11.5 Å². The molecule has 1 unspecified atom stereocenters. The van der Waals surface area contributed by atoms with Crippen LogP contribution in [0.25, 0.3) is 0 Å². The van der Waals surface area contributed by atoms with Gasteiger partial charge in [-0.1, -0.05) is 30.3 Å². The molecule has 2 aliphatic heterocycles. The zero-order chi connectivity index (χ0) is 19.4. The predicted octanol–water partition coefficient (Wildman–Crippen LogP) is 3.73. The Morgan fingerprint density at radius 3 is 2.68 bits per heavy atom. The summed E-state index contributed by atoms with van der Waals surface area (Å²) in [7, 11) is 1.57. The monoisotopic (exact) mass is 380 g/mol. The molecule has 1 aromatic carbocycles. The Morgan fingerprint density at radius 1 is 1.21 bits per heavy atom. The van der Waals surface area contributed by atoms with E-state index in [2.05, 4.69) is 35.3 Å². The van der Waals surface area contributed by atoms with Crippen LogP contribution in [-0.4, -0.2) is 48.2 Å². The zero-order valence-electron chi connectivity index (χ0n) is 16.5. The number of likely N-dealkylation sites (tertiary alicyclic amines) is 1. The van der Waals surface area contributed by atoms with Crippen LogP contribution in [0.15, 0.2) is 48.7 Å². The zero-order valence-corrected chi connectivity index (χ0v) is 16.5. The molecule has 2 aromatic rings. The molecule has 0 saturated carbocycles. The largest absolute Gasteiger partial charge is 0.481 e. The number of pyridine rings is 1. The molecule has 1 atom stereocenters. The number of aromatic nitrogens is 1. The number of rotatable bonds is 4. The van der Waals surface area contributed by atoms with E-state index in [0.717, 1.165) is 51.8 Å². The second kappa shape index (κ2) is 8.31. The minimum Gasteiger partial charge on any atom is -0.481 e. The quantitative estimate of drug-likeness (QED) is 0.811. The molecule has 0 N–H and O–H groups in total. The highest BCUT2D eigenvalue weighted by atomic mass is 16.5. The molecule has 0 radical (unpaired) electrons. The van der Waals surface area contributed by atoms with Crippen molar-refractivity contribution in [2.24, 2.45) is 5.92 Å². The van der Waals surface area contributed by atoms with E-state index < -0.39 is 0 Å². The predicted molar refractivity (Wildman–Crippen MR) is 107 cm³/mol. The van der Waals surface area contributed by atoms with Gasteiger partial charge < -0.3 is 14.4 Å². The van der Waals surface area contributed by atoms with Gasteiger partial charge in [0.25, 0.3) is 5.91 Å². The molecule has 1 amide bonds. The minimum absolute atomic E-state index is 0.0432. The smallest absolute Gasteiger partial charge is 0.255 e. The molecule has 2 aliphatic rings. The highest BCUT2D eigenvalue weighted by Crippen LogP contribution is 2.39. The minimum atomic E-state index is -0.0629. The lowest BCUT2D eigenvalue weighted by Gasteiger charge is -2.46. The summed E-state index contributed by atoms with van der Waals surface area (Å²) in [5.74, 6) is 1.22. The highest BCUT2D eigenvalue weighted by molar-refractivity contribution is 5.94. The summed E-state index contributed by atoms with van der Waals surface area (Å²) in [6.07, 6.45) is 6.75. The van der Waals surface area contributed by atoms with Crippen LogP contribution < -0.4 is 4.74 Å². The van der Waals surface area contributed by atoms with E-state index in [1.807, 2.05) is 4.90 Å². The Labute approximate surface area is 166 Å². The fraction of sp³-hybridized carbons (Fsp3) is 0.478. The molecule has 2 fully saturated rings. The third-order valence-electron chi connectivity index (χ3n) is 6.12. The average molecular weight is 380 g/mol. The van der Waals surface area contributed by atoms with Gasteiger partial charge >= 0.3 is 0 Å². The fourth-order valence-electron chi connectivity index (χ4n) is 4.53. The summed E-state index contributed by atoms with van der Waals surface area (Å²) >= 11 is 0. The van der Waals surface area contributed by atoms with E-state index in [1.165, 1.54) is 5.56 Å². The van der Waals surface area contributed by atoms with Crippen LogP contribution in [0.1, 0.15) is 41.6 Å². The van der Waals surface area contributed by atoms with Crippen LogP contribution in [0.4, 0.5) is 0 Å². The van der Waals surface area contributed by atoms with Crippen molar-refractivity contribution in [3.05, 3.63) is 59.8 Å². The van der Waals surface area contributed by atoms with Crippen molar-refractivity contribution < 1.29 is 14.3 Å². The molecule has 148 valence electrons. The van der Waals surface area contributed by atoms with Gasteiger partial charge in [-0.15, -0.1) is 0 Å². The number of piperidine rings is 1. The SMILES string of the molecule is COc1ccc(C(=O)N2CCC3(CC2)CC(Cc2ccccc2)CCO3)cn1. The first kappa shape index (κ1) is 18.9. The Bertz CT molecular complexity index is 783. The van der Waals surface area contributed by atoms with Gasteiger partial charge in [0.15, 0.2) is 0 Å². The Morgan fingerprint density at radius 2 is 2.00 bits per heavy atom. The Kier molecular flexibility index (Phi) is 5.62. The van der Waals surface area contributed by atoms with Crippen LogP contribution in [0, 0.1) is 5.92 Å². The van der Waals surface area contributed by atoms with Gasteiger partial charge in [-0.2, -0.15) is 0 Å². The van der Waals surface area contributed by atoms with Gasteiger partial charge in [0.1, 0.15) is 0 Å². The van der Waals surface area contributed by atoms with Gasteiger partial charge in [-0.25, -0.2) is 4.98 Å². The first-order chi connectivity index (χ1) is 13.7. The maximum atomic E-state index is 12.8.